The molecule has 0 unspecified atom stereocenters. The Hall–Kier alpha value is -3.68. The largest absolute Gasteiger partial charge is 0.506 e. The van der Waals surface area contributed by atoms with Crippen LogP contribution in [0, 0.1) is 5.82 Å². The highest BCUT2D eigenvalue weighted by Gasteiger charge is 2.19. The van der Waals surface area contributed by atoms with Crippen molar-refractivity contribution in [2.75, 3.05) is 12.4 Å². The molecule has 0 aliphatic heterocycles. The summed E-state index contributed by atoms with van der Waals surface area (Å²) in [6.07, 6.45) is 0. The molecule has 2 aromatic carbocycles. The fraction of sp³-hybridized carbons (Fsp3) is 0.0556. The van der Waals surface area contributed by atoms with Crippen LogP contribution in [0.2, 0.25) is 0 Å². The SMILES string of the molecule is COc1cc(=O)n(-c2ccc(F)cc2)nc1C(=O)Nc1ccccc1O. The van der Waals surface area contributed by atoms with Gasteiger partial charge in [-0.1, -0.05) is 12.1 Å². The normalized spacial score (nSPS) is 10.4. The minimum absolute atomic E-state index is 0.0266. The van der Waals surface area contributed by atoms with Gasteiger partial charge in [-0.3, -0.25) is 9.59 Å². The van der Waals surface area contributed by atoms with Crippen molar-refractivity contribution in [3.63, 3.8) is 0 Å². The first-order chi connectivity index (χ1) is 12.5. The molecule has 1 heterocycles. The van der Waals surface area contributed by atoms with E-state index in [4.69, 9.17) is 4.74 Å². The minimum atomic E-state index is -0.681. The molecule has 0 fully saturated rings. The second-order valence-electron chi connectivity index (χ2n) is 5.26. The van der Waals surface area contributed by atoms with Gasteiger partial charge in [-0.2, -0.15) is 9.78 Å². The number of halogens is 1. The third-order valence-electron chi connectivity index (χ3n) is 3.56. The fourth-order valence-electron chi connectivity index (χ4n) is 2.28. The van der Waals surface area contributed by atoms with E-state index >= 15 is 0 Å². The number of aromatic nitrogens is 2. The van der Waals surface area contributed by atoms with E-state index in [1.807, 2.05) is 0 Å². The molecular weight excluding hydrogens is 341 g/mol. The summed E-state index contributed by atoms with van der Waals surface area (Å²) in [6, 6.07) is 12.4. The molecule has 7 nitrogen and oxygen atoms in total. The van der Waals surface area contributed by atoms with Gasteiger partial charge in [0.25, 0.3) is 11.5 Å². The first kappa shape index (κ1) is 17.2. The van der Waals surface area contributed by atoms with Crippen molar-refractivity contribution in [3.05, 3.63) is 76.5 Å². The predicted molar refractivity (Wildman–Crippen MR) is 92.4 cm³/mol. The number of hydrogen-bond donors (Lipinski definition) is 2. The molecule has 0 saturated carbocycles. The number of carbonyl (C=O) groups is 1. The number of para-hydroxylation sites is 2. The molecule has 1 aromatic heterocycles. The van der Waals surface area contributed by atoms with Crippen LogP contribution in [0.5, 0.6) is 11.5 Å². The summed E-state index contributed by atoms with van der Waals surface area (Å²) in [4.78, 5) is 24.8. The summed E-state index contributed by atoms with van der Waals surface area (Å²) < 4.78 is 19.1. The maximum absolute atomic E-state index is 13.1. The zero-order chi connectivity index (χ0) is 18.7. The first-order valence-corrected chi connectivity index (χ1v) is 7.53. The van der Waals surface area contributed by atoms with Crippen LogP contribution in [0.3, 0.4) is 0 Å². The monoisotopic (exact) mass is 355 g/mol. The van der Waals surface area contributed by atoms with Crippen molar-refractivity contribution in [2.24, 2.45) is 0 Å². The molecule has 1 amide bonds. The van der Waals surface area contributed by atoms with E-state index < -0.39 is 17.3 Å². The van der Waals surface area contributed by atoms with Gasteiger partial charge >= 0.3 is 0 Å². The lowest BCUT2D eigenvalue weighted by atomic mass is 10.2. The summed E-state index contributed by atoms with van der Waals surface area (Å²) in [5.74, 6) is -1.29. The Morgan fingerprint density at radius 2 is 1.88 bits per heavy atom. The summed E-state index contributed by atoms with van der Waals surface area (Å²) in [6.45, 7) is 0. The second kappa shape index (κ2) is 7.06. The molecule has 132 valence electrons. The number of ether oxygens (including phenoxy) is 1. The highest BCUT2D eigenvalue weighted by molar-refractivity contribution is 6.05. The van der Waals surface area contributed by atoms with E-state index in [2.05, 4.69) is 10.4 Å². The molecule has 26 heavy (non-hydrogen) atoms. The number of nitrogens with one attached hydrogen (secondary N) is 1. The van der Waals surface area contributed by atoms with Crippen molar-refractivity contribution in [3.8, 4) is 17.2 Å². The number of anilines is 1. The molecule has 0 bridgehead atoms. The van der Waals surface area contributed by atoms with Crippen LogP contribution in [-0.2, 0) is 0 Å². The Labute approximate surface area is 147 Å². The fourth-order valence-corrected chi connectivity index (χ4v) is 2.28. The summed E-state index contributed by atoms with van der Waals surface area (Å²) in [5, 5.41) is 16.3. The summed E-state index contributed by atoms with van der Waals surface area (Å²) in [5.41, 5.74) is -0.246. The lowest BCUT2D eigenvalue weighted by Gasteiger charge is -2.12. The molecule has 2 N–H and O–H groups in total. The molecule has 0 saturated heterocycles. The number of nitrogens with zero attached hydrogens (tertiary/aromatic N) is 2. The Morgan fingerprint density at radius 1 is 1.19 bits per heavy atom. The van der Waals surface area contributed by atoms with E-state index in [0.717, 1.165) is 10.7 Å². The average Bonchev–Trinajstić information content (AvgIpc) is 2.64. The van der Waals surface area contributed by atoms with Gasteiger partial charge in [-0.05, 0) is 36.4 Å². The average molecular weight is 355 g/mol. The van der Waals surface area contributed by atoms with Gasteiger partial charge in [0.1, 0.15) is 11.6 Å². The number of rotatable bonds is 4. The maximum atomic E-state index is 13.1. The van der Waals surface area contributed by atoms with Crippen LogP contribution >= 0.6 is 0 Å². The third-order valence-corrected chi connectivity index (χ3v) is 3.56. The van der Waals surface area contributed by atoms with Crippen molar-refractivity contribution < 1.29 is 19.0 Å². The Bertz CT molecular complexity index is 1020. The number of aromatic hydroxyl groups is 1. The van der Waals surface area contributed by atoms with Gasteiger partial charge in [-0.25, -0.2) is 4.39 Å². The summed E-state index contributed by atoms with van der Waals surface area (Å²) >= 11 is 0. The van der Waals surface area contributed by atoms with Crippen LogP contribution in [-0.4, -0.2) is 27.9 Å². The van der Waals surface area contributed by atoms with E-state index in [0.29, 0.717) is 0 Å². The highest BCUT2D eigenvalue weighted by Crippen LogP contribution is 2.23. The summed E-state index contributed by atoms with van der Waals surface area (Å²) in [7, 11) is 1.30. The van der Waals surface area contributed by atoms with Crippen LogP contribution in [0.1, 0.15) is 10.5 Å². The van der Waals surface area contributed by atoms with Gasteiger partial charge < -0.3 is 15.2 Å². The van der Waals surface area contributed by atoms with Gasteiger partial charge in [0.15, 0.2) is 11.4 Å². The first-order valence-electron chi connectivity index (χ1n) is 7.53. The van der Waals surface area contributed by atoms with Crippen molar-refractivity contribution in [1.82, 2.24) is 9.78 Å². The van der Waals surface area contributed by atoms with Crippen LogP contribution in [0.15, 0.2) is 59.4 Å². The van der Waals surface area contributed by atoms with E-state index in [9.17, 15) is 19.1 Å². The molecule has 3 rings (SSSR count). The molecule has 0 radical (unpaired) electrons. The molecule has 8 heteroatoms. The molecule has 0 spiro atoms. The smallest absolute Gasteiger partial charge is 0.280 e. The van der Waals surface area contributed by atoms with Gasteiger partial charge in [0.2, 0.25) is 0 Å². The van der Waals surface area contributed by atoms with Gasteiger partial charge in [-0.15, -0.1) is 0 Å². The van der Waals surface area contributed by atoms with E-state index in [1.165, 1.54) is 43.5 Å². The second-order valence-corrected chi connectivity index (χ2v) is 5.26. The van der Waals surface area contributed by atoms with E-state index in [-0.39, 0.29) is 28.6 Å². The zero-order valence-electron chi connectivity index (χ0n) is 13.6. The number of methoxy groups -OCH3 is 1. The Balaban J connectivity index is 2.04. The number of benzene rings is 2. The number of phenols is 1. The van der Waals surface area contributed by atoms with E-state index in [1.54, 1.807) is 12.1 Å². The Kier molecular flexibility index (Phi) is 4.66. The minimum Gasteiger partial charge on any atom is -0.506 e. The van der Waals surface area contributed by atoms with Crippen LogP contribution in [0.4, 0.5) is 10.1 Å². The molecular formula is C18H14FN3O4. The topological polar surface area (TPSA) is 93.5 Å². The molecule has 0 atom stereocenters. The molecule has 0 aliphatic carbocycles. The number of phenolic OH excluding ortho intramolecular Hbond substituents is 1. The lowest BCUT2D eigenvalue weighted by molar-refractivity contribution is 0.101. The van der Waals surface area contributed by atoms with Crippen LogP contribution in [0.25, 0.3) is 5.69 Å². The molecule has 0 aliphatic rings. The van der Waals surface area contributed by atoms with Crippen molar-refractivity contribution in [1.29, 1.82) is 0 Å². The standard InChI is InChI=1S/C18H14FN3O4/c1-26-15-10-16(24)22(12-8-6-11(19)7-9-12)21-17(15)18(25)20-13-4-2-3-5-14(13)23/h2-10,23H,1H3,(H,20,25). The highest BCUT2D eigenvalue weighted by atomic mass is 19.1. The number of hydrogen-bond acceptors (Lipinski definition) is 5. The predicted octanol–water partition coefficient (Wildman–Crippen LogP) is 2.34. The van der Waals surface area contributed by atoms with Crippen molar-refractivity contribution >= 4 is 11.6 Å². The maximum Gasteiger partial charge on any atom is 0.280 e. The Morgan fingerprint density at radius 3 is 2.54 bits per heavy atom. The molecule has 3 aromatic rings. The lowest BCUT2D eigenvalue weighted by Crippen LogP contribution is -2.26. The number of carbonyl (C=O) groups excluding carboxylic acids is 1. The third kappa shape index (κ3) is 3.39. The van der Waals surface area contributed by atoms with Gasteiger partial charge in [0, 0.05) is 0 Å². The van der Waals surface area contributed by atoms with Crippen molar-refractivity contribution in [2.45, 2.75) is 0 Å². The van der Waals surface area contributed by atoms with Crippen LogP contribution < -0.4 is 15.6 Å². The van der Waals surface area contributed by atoms with Gasteiger partial charge in [0.05, 0.1) is 24.6 Å². The number of amides is 1. The zero-order valence-corrected chi connectivity index (χ0v) is 13.6. The quantitative estimate of drug-likeness (QED) is 0.701.